The fourth-order valence-corrected chi connectivity index (χ4v) is 2.08. The maximum atomic E-state index is 5.97. The van der Waals surface area contributed by atoms with E-state index in [2.05, 4.69) is 31.0 Å². The Balaban J connectivity index is 2.49. The summed E-state index contributed by atoms with van der Waals surface area (Å²) in [5.74, 6) is 0.609. The van der Waals surface area contributed by atoms with E-state index in [0.717, 1.165) is 19.3 Å². The number of aryl methyl sites for hydroxylation is 1. The third-order valence-electron chi connectivity index (χ3n) is 2.58. The standard InChI is InChI=1S/C13H20ClN/c1-4-12-5-6-13(15-9-12)8-10(2)7-11(3)14/h5-6,9-11H,4,7-8H2,1-3H3. The number of hydrogen-bond acceptors (Lipinski definition) is 1. The lowest BCUT2D eigenvalue weighted by atomic mass is 9.99. The summed E-state index contributed by atoms with van der Waals surface area (Å²) < 4.78 is 0. The molecule has 0 saturated carbocycles. The summed E-state index contributed by atoms with van der Waals surface area (Å²) in [5, 5.41) is 0.259. The molecule has 0 bridgehead atoms. The summed E-state index contributed by atoms with van der Waals surface area (Å²) in [6.45, 7) is 6.43. The van der Waals surface area contributed by atoms with Gasteiger partial charge in [0, 0.05) is 17.3 Å². The van der Waals surface area contributed by atoms with Gasteiger partial charge in [-0.3, -0.25) is 4.98 Å². The maximum Gasteiger partial charge on any atom is 0.0406 e. The Labute approximate surface area is 97.9 Å². The van der Waals surface area contributed by atoms with Crippen molar-refractivity contribution < 1.29 is 0 Å². The van der Waals surface area contributed by atoms with Crippen LogP contribution in [0.15, 0.2) is 18.3 Å². The van der Waals surface area contributed by atoms with Gasteiger partial charge in [0.15, 0.2) is 0 Å². The fraction of sp³-hybridized carbons (Fsp3) is 0.615. The SMILES string of the molecule is CCc1ccc(CC(C)CC(C)Cl)nc1. The number of pyridine rings is 1. The van der Waals surface area contributed by atoms with Crippen LogP contribution in [-0.4, -0.2) is 10.4 Å². The van der Waals surface area contributed by atoms with E-state index >= 15 is 0 Å². The molecule has 0 amide bonds. The second-order valence-corrected chi connectivity index (χ2v) is 5.08. The van der Waals surface area contributed by atoms with Gasteiger partial charge in [-0.15, -0.1) is 11.6 Å². The molecule has 84 valence electrons. The summed E-state index contributed by atoms with van der Waals surface area (Å²) >= 11 is 5.97. The van der Waals surface area contributed by atoms with Crippen LogP contribution in [0.2, 0.25) is 0 Å². The first-order chi connectivity index (χ1) is 7.11. The second kappa shape index (κ2) is 6.12. The van der Waals surface area contributed by atoms with E-state index in [4.69, 9.17) is 11.6 Å². The predicted molar refractivity (Wildman–Crippen MR) is 66.4 cm³/mol. The average Bonchev–Trinajstić information content (AvgIpc) is 2.17. The second-order valence-electron chi connectivity index (χ2n) is 4.34. The first-order valence-corrected chi connectivity index (χ1v) is 6.13. The number of hydrogen-bond donors (Lipinski definition) is 0. The molecule has 0 fully saturated rings. The van der Waals surface area contributed by atoms with E-state index in [1.54, 1.807) is 0 Å². The van der Waals surface area contributed by atoms with Crippen LogP contribution in [-0.2, 0) is 12.8 Å². The number of rotatable bonds is 5. The largest absolute Gasteiger partial charge is 0.261 e. The lowest BCUT2D eigenvalue weighted by Crippen LogP contribution is -2.06. The molecule has 1 nitrogen and oxygen atoms in total. The average molecular weight is 226 g/mol. The van der Waals surface area contributed by atoms with E-state index < -0.39 is 0 Å². The molecule has 2 heteroatoms. The quantitative estimate of drug-likeness (QED) is 0.694. The Morgan fingerprint density at radius 1 is 1.33 bits per heavy atom. The number of halogens is 1. The first-order valence-electron chi connectivity index (χ1n) is 5.69. The van der Waals surface area contributed by atoms with Crippen molar-refractivity contribution in [1.82, 2.24) is 4.98 Å². The summed E-state index contributed by atoms with van der Waals surface area (Å²) in [7, 11) is 0. The van der Waals surface area contributed by atoms with Gasteiger partial charge >= 0.3 is 0 Å². The smallest absolute Gasteiger partial charge is 0.0406 e. The van der Waals surface area contributed by atoms with Gasteiger partial charge in [0.25, 0.3) is 0 Å². The van der Waals surface area contributed by atoms with Crippen molar-refractivity contribution in [2.45, 2.75) is 45.4 Å². The molecule has 0 aromatic carbocycles. The van der Waals surface area contributed by atoms with E-state index in [1.165, 1.54) is 11.3 Å². The van der Waals surface area contributed by atoms with Crippen LogP contribution in [0.4, 0.5) is 0 Å². The molecule has 0 aliphatic rings. The van der Waals surface area contributed by atoms with Gasteiger partial charge in [0.2, 0.25) is 0 Å². The monoisotopic (exact) mass is 225 g/mol. The van der Waals surface area contributed by atoms with Crippen molar-refractivity contribution in [1.29, 1.82) is 0 Å². The molecule has 2 atom stereocenters. The molecule has 0 aliphatic carbocycles. The zero-order chi connectivity index (χ0) is 11.3. The highest BCUT2D eigenvalue weighted by atomic mass is 35.5. The van der Waals surface area contributed by atoms with Crippen molar-refractivity contribution in [2.75, 3.05) is 0 Å². The molecular weight excluding hydrogens is 206 g/mol. The van der Waals surface area contributed by atoms with Crippen molar-refractivity contribution in [3.63, 3.8) is 0 Å². The molecule has 0 saturated heterocycles. The van der Waals surface area contributed by atoms with Crippen LogP contribution < -0.4 is 0 Å². The predicted octanol–water partition coefficient (Wildman–Crippen LogP) is 3.84. The summed E-state index contributed by atoms with van der Waals surface area (Å²) in [6, 6.07) is 4.30. The summed E-state index contributed by atoms with van der Waals surface area (Å²) in [5.41, 5.74) is 2.48. The van der Waals surface area contributed by atoms with Crippen LogP contribution in [0.25, 0.3) is 0 Å². The van der Waals surface area contributed by atoms with Gasteiger partial charge in [0.05, 0.1) is 0 Å². The number of alkyl halides is 1. The van der Waals surface area contributed by atoms with Crippen molar-refractivity contribution in [2.24, 2.45) is 5.92 Å². The third kappa shape index (κ3) is 4.65. The van der Waals surface area contributed by atoms with Crippen LogP contribution in [0.3, 0.4) is 0 Å². The molecular formula is C13H20ClN. The zero-order valence-corrected chi connectivity index (χ0v) is 10.6. The summed E-state index contributed by atoms with van der Waals surface area (Å²) in [4.78, 5) is 4.45. The zero-order valence-electron chi connectivity index (χ0n) is 9.83. The molecule has 1 aromatic rings. The molecule has 0 spiro atoms. The van der Waals surface area contributed by atoms with E-state index in [9.17, 15) is 0 Å². The van der Waals surface area contributed by atoms with E-state index in [1.807, 2.05) is 13.1 Å². The highest BCUT2D eigenvalue weighted by Crippen LogP contribution is 2.15. The minimum Gasteiger partial charge on any atom is -0.261 e. The van der Waals surface area contributed by atoms with Crippen LogP contribution in [0.5, 0.6) is 0 Å². The molecule has 1 heterocycles. The topological polar surface area (TPSA) is 12.9 Å². The highest BCUT2D eigenvalue weighted by Gasteiger charge is 2.07. The molecule has 1 rings (SSSR count). The fourth-order valence-electron chi connectivity index (χ4n) is 1.78. The number of nitrogens with zero attached hydrogens (tertiary/aromatic N) is 1. The van der Waals surface area contributed by atoms with Gasteiger partial charge in [0.1, 0.15) is 0 Å². The normalized spacial score (nSPS) is 14.9. The molecule has 2 unspecified atom stereocenters. The lowest BCUT2D eigenvalue weighted by molar-refractivity contribution is 0.520. The van der Waals surface area contributed by atoms with Gasteiger partial charge in [-0.1, -0.05) is 19.9 Å². The Bertz CT molecular complexity index is 279. The lowest BCUT2D eigenvalue weighted by Gasteiger charge is -2.12. The van der Waals surface area contributed by atoms with Crippen LogP contribution in [0, 0.1) is 5.92 Å². The maximum absolute atomic E-state index is 5.97. The Morgan fingerprint density at radius 2 is 2.07 bits per heavy atom. The van der Waals surface area contributed by atoms with Gasteiger partial charge in [-0.05, 0) is 43.7 Å². The Morgan fingerprint density at radius 3 is 2.53 bits per heavy atom. The summed E-state index contributed by atoms with van der Waals surface area (Å²) in [6.07, 6.45) is 5.12. The molecule has 0 N–H and O–H groups in total. The third-order valence-corrected chi connectivity index (χ3v) is 2.76. The minimum absolute atomic E-state index is 0.259. The molecule has 1 aromatic heterocycles. The van der Waals surface area contributed by atoms with Gasteiger partial charge in [-0.25, -0.2) is 0 Å². The van der Waals surface area contributed by atoms with Crippen LogP contribution >= 0.6 is 11.6 Å². The van der Waals surface area contributed by atoms with Crippen molar-refractivity contribution >= 4 is 11.6 Å². The Kier molecular flexibility index (Phi) is 5.10. The molecule has 15 heavy (non-hydrogen) atoms. The number of aromatic nitrogens is 1. The molecule has 0 radical (unpaired) electrons. The minimum atomic E-state index is 0.259. The molecule has 0 aliphatic heterocycles. The van der Waals surface area contributed by atoms with Crippen molar-refractivity contribution in [3.8, 4) is 0 Å². The highest BCUT2D eigenvalue weighted by molar-refractivity contribution is 6.20. The van der Waals surface area contributed by atoms with Gasteiger partial charge in [-0.2, -0.15) is 0 Å². The van der Waals surface area contributed by atoms with Crippen molar-refractivity contribution in [3.05, 3.63) is 29.6 Å². The first kappa shape index (κ1) is 12.5. The Hall–Kier alpha value is -0.560. The van der Waals surface area contributed by atoms with E-state index in [-0.39, 0.29) is 5.38 Å². The van der Waals surface area contributed by atoms with Crippen LogP contribution in [0.1, 0.15) is 38.4 Å². The van der Waals surface area contributed by atoms with E-state index in [0.29, 0.717) is 5.92 Å². The van der Waals surface area contributed by atoms with Gasteiger partial charge < -0.3 is 0 Å².